The first-order valence-corrected chi connectivity index (χ1v) is 6.72. The Morgan fingerprint density at radius 1 is 1.00 bits per heavy atom. The molecule has 0 saturated carbocycles. The first-order valence-electron chi connectivity index (χ1n) is 5.90. The Balaban J connectivity index is 2.03. The molecule has 0 bridgehead atoms. The van der Waals surface area contributed by atoms with Crippen molar-refractivity contribution in [3.8, 4) is 0 Å². The van der Waals surface area contributed by atoms with Gasteiger partial charge in [0.2, 0.25) is 0 Å². The van der Waals surface area contributed by atoms with Crippen molar-refractivity contribution >= 4 is 32.9 Å². The molecule has 0 atom stereocenters. The Bertz CT molecular complexity index is 673. The minimum Gasteiger partial charge on any atom is -0.345 e. The molecule has 0 aliphatic carbocycles. The minimum absolute atomic E-state index is 1.09. The summed E-state index contributed by atoms with van der Waals surface area (Å²) in [5.74, 6) is 0. The van der Waals surface area contributed by atoms with Crippen molar-refractivity contribution in [3.63, 3.8) is 0 Å². The van der Waals surface area contributed by atoms with Crippen LogP contribution in [0.4, 0.5) is 11.4 Å². The first kappa shape index (κ1) is 11.2. The van der Waals surface area contributed by atoms with Gasteiger partial charge in [-0.2, -0.15) is 0 Å². The van der Waals surface area contributed by atoms with E-state index in [1.807, 2.05) is 13.0 Å². The van der Waals surface area contributed by atoms with Gasteiger partial charge in [0.05, 0.1) is 15.2 Å². The van der Waals surface area contributed by atoms with Gasteiger partial charge in [-0.25, -0.2) is 4.98 Å². The van der Waals surface area contributed by atoms with Gasteiger partial charge < -0.3 is 4.90 Å². The van der Waals surface area contributed by atoms with E-state index in [-0.39, 0.29) is 0 Å². The topological polar surface area (TPSA) is 16.1 Å². The number of hydrogen-bond donors (Lipinski definition) is 0. The molecule has 3 aromatic rings. The molecular formula is C15H14N2S. The molecular weight excluding hydrogens is 240 g/mol. The molecule has 0 amide bonds. The van der Waals surface area contributed by atoms with Crippen LogP contribution >= 0.6 is 11.3 Å². The molecule has 1 heterocycles. The fourth-order valence-electron chi connectivity index (χ4n) is 2.04. The number of anilines is 2. The molecule has 1 aromatic heterocycles. The molecule has 3 heteroatoms. The summed E-state index contributed by atoms with van der Waals surface area (Å²) in [6, 6.07) is 16.8. The maximum atomic E-state index is 4.49. The van der Waals surface area contributed by atoms with Crippen LogP contribution < -0.4 is 4.90 Å². The fourth-order valence-corrected chi connectivity index (χ4v) is 2.90. The van der Waals surface area contributed by atoms with Crippen LogP contribution in [0.3, 0.4) is 0 Å². The summed E-state index contributed by atoms with van der Waals surface area (Å²) >= 11 is 1.74. The molecule has 90 valence electrons. The summed E-state index contributed by atoms with van der Waals surface area (Å²) in [5, 5.41) is 1.12. The zero-order valence-electron chi connectivity index (χ0n) is 10.4. The van der Waals surface area contributed by atoms with Crippen molar-refractivity contribution in [2.45, 2.75) is 6.92 Å². The second-order valence-electron chi connectivity index (χ2n) is 4.28. The Morgan fingerprint density at radius 3 is 2.56 bits per heavy atom. The number of rotatable bonds is 2. The lowest BCUT2D eigenvalue weighted by Crippen LogP contribution is -2.08. The van der Waals surface area contributed by atoms with Crippen LogP contribution in [0, 0.1) is 6.92 Å². The van der Waals surface area contributed by atoms with E-state index in [0.717, 1.165) is 10.5 Å². The molecule has 0 unspecified atom stereocenters. The lowest BCUT2D eigenvalue weighted by molar-refractivity contribution is 1.21. The van der Waals surface area contributed by atoms with E-state index < -0.39 is 0 Å². The van der Waals surface area contributed by atoms with Gasteiger partial charge in [0.25, 0.3) is 0 Å². The van der Waals surface area contributed by atoms with E-state index in [4.69, 9.17) is 0 Å². The predicted molar refractivity (Wildman–Crippen MR) is 78.9 cm³/mol. The lowest BCUT2D eigenvalue weighted by Gasteiger charge is -2.19. The third-order valence-electron chi connectivity index (χ3n) is 3.01. The zero-order valence-corrected chi connectivity index (χ0v) is 11.2. The number of aryl methyl sites for hydroxylation is 1. The molecule has 3 rings (SSSR count). The first-order chi connectivity index (χ1) is 8.74. The van der Waals surface area contributed by atoms with Crippen molar-refractivity contribution in [3.05, 3.63) is 53.5 Å². The number of hydrogen-bond acceptors (Lipinski definition) is 3. The zero-order chi connectivity index (χ0) is 12.5. The SMILES string of the molecule is Cc1nc2ccc(N(C)c3ccccc3)cc2s1. The normalized spacial score (nSPS) is 10.8. The van der Waals surface area contributed by atoms with Gasteiger partial charge in [0.15, 0.2) is 0 Å². The molecule has 0 aliphatic heterocycles. The third kappa shape index (κ3) is 1.97. The van der Waals surface area contributed by atoms with Crippen LogP contribution in [0.5, 0.6) is 0 Å². The highest BCUT2D eigenvalue weighted by atomic mass is 32.1. The van der Waals surface area contributed by atoms with Crippen LogP contribution in [0.1, 0.15) is 5.01 Å². The van der Waals surface area contributed by atoms with E-state index in [1.165, 1.54) is 16.1 Å². The highest BCUT2D eigenvalue weighted by Crippen LogP contribution is 2.29. The summed E-state index contributed by atoms with van der Waals surface area (Å²) in [6.45, 7) is 2.05. The van der Waals surface area contributed by atoms with E-state index in [2.05, 4.69) is 59.4 Å². The van der Waals surface area contributed by atoms with Crippen LogP contribution in [-0.2, 0) is 0 Å². The van der Waals surface area contributed by atoms with Crippen molar-refractivity contribution < 1.29 is 0 Å². The quantitative estimate of drug-likeness (QED) is 0.675. The van der Waals surface area contributed by atoms with Gasteiger partial charge in [-0.05, 0) is 37.3 Å². The van der Waals surface area contributed by atoms with Crippen molar-refractivity contribution in [2.75, 3.05) is 11.9 Å². The molecule has 0 saturated heterocycles. The third-order valence-corrected chi connectivity index (χ3v) is 3.94. The molecule has 2 aromatic carbocycles. The maximum Gasteiger partial charge on any atom is 0.0907 e. The maximum absolute atomic E-state index is 4.49. The Kier molecular flexibility index (Phi) is 2.76. The summed E-state index contributed by atoms with van der Waals surface area (Å²) < 4.78 is 1.24. The van der Waals surface area contributed by atoms with E-state index in [1.54, 1.807) is 11.3 Å². The summed E-state index contributed by atoms with van der Waals surface area (Å²) in [5.41, 5.74) is 3.47. The summed E-state index contributed by atoms with van der Waals surface area (Å²) in [4.78, 5) is 6.68. The summed E-state index contributed by atoms with van der Waals surface area (Å²) in [6.07, 6.45) is 0. The lowest BCUT2D eigenvalue weighted by atomic mass is 10.2. The average Bonchev–Trinajstić information content (AvgIpc) is 2.78. The van der Waals surface area contributed by atoms with E-state index >= 15 is 0 Å². The molecule has 0 spiro atoms. The van der Waals surface area contributed by atoms with Gasteiger partial charge in [-0.3, -0.25) is 0 Å². The molecule has 0 radical (unpaired) electrons. The number of fused-ring (bicyclic) bond motifs is 1. The molecule has 0 aliphatic rings. The molecule has 18 heavy (non-hydrogen) atoms. The fraction of sp³-hybridized carbons (Fsp3) is 0.133. The average molecular weight is 254 g/mol. The number of thiazole rings is 1. The van der Waals surface area contributed by atoms with E-state index in [0.29, 0.717) is 0 Å². The number of para-hydroxylation sites is 1. The number of benzene rings is 2. The van der Waals surface area contributed by atoms with Crippen LogP contribution in [0.15, 0.2) is 48.5 Å². The van der Waals surface area contributed by atoms with Gasteiger partial charge in [0.1, 0.15) is 0 Å². The van der Waals surface area contributed by atoms with Gasteiger partial charge in [-0.15, -0.1) is 11.3 Å². The molecule has 0 fully saturated rings. The van der Waals surface area contributed by atoms with Crippen LogP contribution in [0.2, 0.25) is 0 Å². The number of aromatic nitrogens is 1. The minimum atomic E-state index is 1.09. The summed E-state index contributed by atoms with van der Waals surface area (Å²) in [7, 11) is 2.09. The predicted octanol–water partition coefficient (Wildman–Crippen LogP) is 4.37. The monoisotopic (exact) mass is 254 g/mol. The van der Waals surface area contributed by atoms with Gasteiger partial charge >= 0.3 is 0 Å². The molecule has 2 nitrogen and oxygen atoms in total. The standard InChI is InChI=1S/C15H14N2S/c1-11-16-14-9-8-13(10-15(14)18-11)17(2)12-6-4-3-5-7-12/h3-10H,1-2H3. The smallest absolute Gasteiger partial charge is 0.0907 e. The van der Waals surface area contributed by atoms with Crippen LogP contribution in [-0.4, -0.2) is 12.0 Å². The van der Waals surface area contributed by atoms with Gasteiger partial charge in [0, 0.05) is 18.4 Å². The molecule has 0 N–H and O–H groups in total. The Labute approximate surface area is 111 Å². The highest BCUT2D eigenvalue weighted by Gasteiger charge is 2.06. The van der Waals surface area contributed by atoms with Crippen molar-refractivity contribution in [2.24, 2.45) is 0 Å². The van der Waals surface area contributed by atoms with Crippen LogP contribution in [0.25, 0.3) is 10.2 Å². The Hall–Kier alpha value is -1.87. The Morgan fingerprint density at radius 2 is 1.78 bits per heavy atom. The van der Waals surface area contributed by atoms with E-state index in [9.17, 15) is 0 Å². The van der Waals surface area contributed by atoms with Crippen molar-refractivity contribution in [1.82, 2.24) is 4.98 Å². The van der Waals surface area contributed by atoms with Crippen molar-refractivity contribution in [1.29, 1.82) is 0 Å². The highest BCUT2D eigenvalue weighted by molar-refractivity contribution is 7.18. The largest absolute Gasteiger partial charge is 0.345 e. The second kappa shape index (κ2) is 4.42. The second-order valence-corrected chi connectivity index (χ2v) is 5.51. The van der Waals surface area contributed by atoms with Gasteiger partial charge in [-0.1, -0.05) is 18.2 Å². The number of nitrogens with zero attached hydrogens (tertiary/aromatic N) is 2.